The molecule has 1 saturated carbocycles. The van der Waals surface area contributed by atoms with Crippen LogP contribution >= 0.6 is 0 Å². The number of urea groups is 1. The maximum Gasteiger partial charge on any atom is 0.315 e. The van der Waals surface area contributed by atoms with Crippen molar-refractivity contribution in [1.82, 2.24) is 30.5 Å². The molecule has 2 fully saturated rings. The fourth-order valence-corrected chi connectivity index (χ4v) is 6.70. The van der Waals surface area contributed by atoms with Gasteiger partial charge in [-0.05, 0) is 48.3 Å². The van der Waals surface area contributed by atoms with Gasteiger partial charge in [0.05, 0.1) is 12.4 Å². The number of hydrogen-bond donors (Lipinski definition) is 4. The molecule has 0 aromatic heterocycles. The lowest BCUT2D eigenvalue weighted by Gasteiger charge is -2.39. The Balaban J connectivity index is 2.28. The molecule has 1 saturated heterocycles. The first-order valence-electron chi connectivity index (χ1n) is 17.0. The highest BCUT2D eigenvalue weighted by atomic mass is 32.2. The van der Waals surface area contributed by atoms with Crippen molar-refractivity contribution in [2.45, 2.75) is 119 Å². The van der Waals surface area contributed by atoms with Crippen LogP contribution < -0.4 is 21.3 Å². The zero-order valence-electron chi connectivity index (χ0n) is 31.3. The SMILES string of the molecule is CC(C)OCCCNC(=O)[C@H](CC(F)F)NC(=O)[C@@H]1[C@@H]2[C@H](CN1C(=O)[C@@H](NC(=O)N[C@H](CN(C)S(C)(=O)=O)C(C)(C)C)C(C)(C)C)C2(C)C. The molecule has 284 valence electrons. The number of carbonyl (C=O) groups excluding carboxylic acids is 4. The maximum atomic E-state index is 14.3. The van der Waals surface area contributed by atoms with Crippen molar-refractivity contribution in [1.29, 1.82) is 0 Å². The molecule has 2 aliphatic rings. The highest BCUT2D eigenvalue weighted by Crippen LogP contribution is 2.65. The zero-order chi connectivity index (χ0) is 37.9. The molecule has 0 spiro atoms. The molecular weight excluding hydrogens is 662 g/mol. The fraction of sp³-hybridized carbons (Fsp3) is 0.879. The molecule has 0 aromatic rings. The maximum absolute atomic E-state index is 14.3. The Labute approximate surface area is 291 Å². The van der Waals surface area contributed by atoms with Crippen LogP contribution in [0.1, 0.15) is 82.1 Å². The van der Waals surface area contributed by atoms with Crippen LogP contribution in [0.25, 0.3) is 0 Å². The highest BCUT2D eigenvalue weighted by molar-refractivity contribution is 7.88. The molecule has 2 rings (SSSR count). The molecule has 16 heteroatoms. The van der Waals surface area contributed by atoms with Crippen LogP contribution in [0.5, 0.6) is 0 Å². The summed E-state index contributed by atoms with van der Waals surface area (Å²) in [6, 6.07) is -4.97. The van der Waals surface area contributed by atoms with Gasteiger partial charge in [-0.1, -0.05) is 55.4 Å². The number of nitrogens with one attached hydrogen (secondary N) is 4. The summed E-state index contributed by atoms with van der Waals surface area (Å²) in [5.74, 6) is -2.29. The van der Waals surface area contributed by atoms with E-state index >= 15 is 0 Å². The van der Waals surface area contributed by atoms with Gasteiger partial charge in [0.15, 0.2) is 0 Å². The van der Waals surface area contributed by atoms with Crippen LogP contribution in [0, 0.1) is 28.1 Å². The van der Waals surface area contributed by atoms with Gasteiger partial charge in [0.25, 0.3) is 0 Å². The van der Waals surface area contributed by atoms with Crippen LogP contribution in [0.15, 0.2) is 0 Å². The summed E-state index contributed by atoms with van der Waals surface area (Å²) >= 11 is 0. The minimum absolute atomic E-state index is 0.00418. The molecule has 13 nitrogen and oxygen atoms in total. The summed E-state index contributed by atoms with van der Waals surface area (Å²) in [5, 5.41) is 10.7. The number of amides is 5. The van der Waals surface area contributed by atoms with E-state index in [4.69, 9.17) is 4.74 Å². The van der Waals surface area contributed by atoms with E-state index < -0.39 is 81.6 Å². The molecular formula is C33H60F2N6O7S. The number of sulfonamides is 1. The van der Waals surface area contributed by atoms with Crippen LogP contribution in [0.2, 0.25) is 0 Å². The number of rotatable bonds is 16. The lowest BCUT2D eigenvalue weighted by atomic mass is 9.85. The lowest BCUT2D eigenvalue weighted by Crippen LogP contribution is -2.62. The van der Waals surface area contributed by atoms with Crippen molar-refractivity contribution < 1.29 is 41.1 Å². The second-order valence-electron chi connectivity index (χ2n) is 16.5. The molecule has 0 radical (unpaired) electrons. The quantitative estimate of drug-likeness (QED) is 0.178. The van der Waals surface area contributed by atoms with Gasteiger partial charge in [-0.2, -0.15) is 0 Å². The van der Waals surface area contributed by atoms with E-state index in [9.17, 15) is 36.4 Å². The molecule has 1 heterocycles. The van der Waals surface area contributed by atoms with Gasteiger partial charge >= 0.3 is 6.03 Å². The summed E-state index contributed by atoms with van der Waals surface area (Å²) in [5.41, 5.74) is -1.68. The van der Waals surface area contributed by atoms with E-state index in [0.717, 1.165) is 10.6 Å². The fourth-order valence-electron chi connectivity index (χ4n) is 6.28. The van der Waals surface area contributed by atoms with Crippen molar-refractivity contribution in [2.24, 2.45) is 28.1 Å². The van der Waals surface area contributed by atoms with Gasteiger partial charge in [0.1, 0.15) is 18.1 Å². The largest absolute Gasteiger partial charge is 0.379 e. The number of hydrogen-bond acceptors (Lipinski definition) is 7. The van der Waals surface area contributed by atoms with E-state index in [0.29, 0.717) is 13.0 Å². The molecule has 1 aliphatic carbocycles. The second kappa shape index (κ2) is 16.2. The van der Waals surface area contributed by atoms with Gasteiger partial charge in [0, 0.05) is 45.8 Å². The van der Waals surface area contributed by atoms with Gasteiger partial charge in [-0.25, -0.2) is 26.3 Å². The molecule has 49 heavy (non-hydrogen) atoms. The Kier molecular flexibility index (Phi) is 14.1. The summed E-state index contributed by atoms with van der Waals surface area (Å²) in [6.07, 6.45) is -2.22. The van der Waals surface area contributed by atoms with Crippen LogP contribution in [0.4, 0.5) is 13.6 Å². The summed E-state index contributed by atoms with van der Waals surface area (Å²) < 4.78 is 57.9. The van der Waals surface area contributed by atoms with Crippen LogP contribution in [0.3, 0.4) is 0 Å². The van der Waals surface area contributed by atoms with Crippen LogP contribution in [-0.4, -0.2) is 118 Å². The Morgan fingerprint density at radius 2 is 1.59 bits per heavy atom. The number of piperidine rings is 1. The third-order valence-corrected chi connectivity index (χ3v) is 10.9. The topological polar surface area (TPSA) is 166 Å². The minimum Gasteiger partial charge on any atom is -0.379 e. The van der Waals surface area contributed by atoms with Crippen molar-refractivity contribution in [3.63, 3.8) is 0 Å². The number of likely N-dealkylation sites (tertiary alicyclic amines) is 1. The van der Waals surface area contributed by atoms with E-state index in [1.165, 1.54) is 11.9 Å². The standard InChI is InChI=1S/C33H60F2N6O7S/c1-19(2)48-15-13-14-36-27(42)21(16-23(34)35)37-28(43)25-24-20(33(24,9)10)17-41(25)29(44)26(32(6,7)8)39-30(45)38-22(31(3,4)5)18-40(11)49(12,46)47/h19-26H,13-18H2,1-12H3,(H,36,42)(H,37,43)(H2,38,39,45)/t20-,21-,22+,24-,25-,26+/m0/s1. The molecule has 5 amide bonds. The van der Waals surface area contributed by atoms with Gasteiger partial charge in [0.2, 0.25) is 34.2 Å². The number of carbonyl (C=O) groups is 4. The summed E-state index contributed by atoms with van der Waals surface area (Å²) in [6.45, 7) is 19.3. The number of halogens is 2. The van der Waals surface area contributed by atoms with E-state index in [-0.39, 0.29) is 43.0 Å². The number of fused-ring (bicyclic) bond motifs is 1. The average Bonchev–Trinajstić information content (AvgIpc) is 3.24. The van der Waals surface area contributed by atoms with Gasteiger partial charge < -0.3 is 30.9 Å². The van der Waals surface area contributed by atoms with Crippen molar-refractivity contribution >= 4 is 33.8 Å². The summed E-state index contributed by atoms with van der Waals surface area (Å²) in [7, 11) is -2.11. The third kappa shape index (κ3) is 11.7. The first kappa shape index (κ1) is 42.6. The van der Waals surface area contributed by atoms with Crippen LogP contribution in [-0.2, 0) is 29.1 Å². The second-order valence-corrected chi connectivity index (χ2v) is 18.6. The van der Waals surface area contributed by atoms with Crippen molar-refractivity contribution in [2.75, 3.05) is 39.5 Å². The first-order valence-corrected chi connectivity index (χ1v) is 18.8. The van der Waals surface area contributed by atoms with E-state index in [1.807, 2.05) is 48.5 Å². The Bertz CT molecular complexity index is 1300. The molecule has 0 aromatic carbocycles. The van der Waals surface area contributed by atoms with Gasteiger partial charge in [-0.3, -0.25) is 14.4 Å². The Morgan fingerprint density at radius 3 is 2.08 bits per heavy atom. The third-order valence-electron chi connectivity index (χ3n) is 9.62. The van der Waals surface area contributed by atoms with Crippen molar-refractivity contribution in [3.05, 3.63) is 0 Å². The zero-order valence-corrected chi connectivity index (χ0v) is 32.1. The number of nitrogens with zero attached hydrogens (tertiary/aromatic N) is 2. The molecule has 1 aliphatic heterocycles. The van der Waals surface area contributed by atoms with Gasteiger partial charge in [-0.15, -0.1) is 0 Å². The number of alkyl halides is 2. The Morgan fingerprint density at radius 1 is 1.00 bits per heavy atom. The van der Waals surface area contributed by atoms with E-state index in [2.05, 4.69) is 21.3 Å². The minimum atomic E-state index is -3.53. The van der Waals surface area contributed by atoms with Crippen molar-refractivity contribution in [3.8, 4) is 0 Å². The first-order chi connectivity index (χ1) is 22.2. The van der Waals surface area contributed by atoms with E-state index in [1.54, 1.807) is 20.8 Å². The molecule has 6 atom stereocenters. The summed E-state index contributed by atoms with van der Waals surface area (Å²) in [4.78, 5) is 55.9. The Hall–Kier alpha value is -2.59. The predicted octanol–water partition coefficient (Wildman–Crippen LogP) is 2.56. The lowest BCUT2D eigenvalue weighted by molar-refractivity contribution is -0.144. The average molecular weight is 723 g/mol. The number of ether oxygens (including phenoxy) is 1. The molecule has 0 unspecified atom stereocenters. The molecule has 0 bridgehead atoms. The molecule has 4 N–H and O–H groups in total. The normalized spacial score (nSPS) is 22.4. The number of likely N-dealkylation sites (N-methyl/N-ethyl adjacent to an activating group) is 1. The monoisotopic (exact) mass is 722 g/mol. The highest BCUT2D eigenvalue weighted by Gasteiger charge is 2.70. The smallest absolute Gasteiger partial charge is 0.315 e. The predicted molar refractivity (Wildman–Crippen MR) is 183 cm³/mol.